The van der Waals surface area contributed by atoms with E-state index in [-0.39, 0.29) is 5.91 Å². The van der Waals surface area contributed by atoms with Gasteiger partial charge in [0.25, 0.3) is 5.91 Å². The molecule has 0 spiro atoms. The lowest BCUT2D eigenvalue weighted by molar-refractivity contribution is 0.0603. The summed E-state index contributed by atoms with van der Waals surface area (Å²) in [5.74, 6) is -0.722. The van der Waals surface area contributed by atoms with Gasteiger partial charge in [0.1, 0.15) is 10.6 Å². The van der Waals surface area contributed by atoms with Crippen molar-refractivity contribution in [3.63, 3.8) is 0 Å². The fourth-order valence-electron chi connectivity index (χ4n) is 2.64. The molecular weight excluding hydrogens is 346 g/mol. The van der Waals surface area contributed by atoms with Crippen LogP contribution in [0, 0.1) is 13.8 Å². The number of ether oxygens (including phenoxy) is 1. The third-order valence-corrected chi connectivity index (χ3v) is 5.16. The maximum Gasteiger partial charge on any atom is 0.341 e. The van der Waals surface area contributed by atoms with Crippen molar-refractivity contribution in [2.24, 2.45) is 0 Å². The summed E-state index contributed by atoms with van der Waals surface area (Å²) < 4.78 is 4.94. The summed E-state index contributed by atoms with van der Waals surface area (Å²) in [5, 5.41) is 5.20. The molecule has 0 atom stereocenters. The lowest BCUT2D eigenvalue weighted by Gasteiger charge is -2.09. The average Bonchev–Trinajstić information content (AvgIpc) is 3.07. The second-order valence-electron chi connectivity index (χ2n) is 5.96. The van der Waals surface area contributed by atoms with E-state index in [2.05, 4.69) is 5.32 Å². The molecule has 0 radical (unpaired) electrons. The molecule has 0 saturated heterocycles. The van der Waals surface area contributed by atoms with Crippen LogP contribution in [0.1, 0.15) is 31.8 Å². The van der Waals surface area contributed by atoms with Gasteiger partial charge in [0.2, 0.25) is 0 Å². The number of esters is 1. The van der Waals surface area contributed by atoms with Crippen molar-refractivity contribution < 1.29 is 14.3 Å². The largest absolute Gasteiger partial charge is 0.465 e. The summed E-state index contributed by atoms with van der Waals surface area (Å²) in [7, 11) is 1.34. The first-order valence-electron chi connectivity index (χ1n) is 8.15. The molecular formula is C21H19NO3S. The van der Waals surface area contributed by atoms with E-state index in [1.165, 1.54) is 18.4 Å². The summed E-state index contributed by atoms with van der Waals surface area (Å²) in [6, 6.07) is 15.1. The average molecular weight is 365 g/mol. The molecule has 0 bridgehead atoms. The summed E-state index contributed by atoms with van der Waals surface area (Å²) in [4.78, 5) is 25.0. The minimum atomic E-state index is -0.472. The molecule has 0 aliphatic carbocycles. The van der Waals surface area contributed by atoms with Gasteiger partial charge in [-0.25, -0.2) is 4.79 Å². The Labute approximate surface area is 156 Å². The number of nitrogens with one attached hydrogen (secondary N) is 1. The van der Waals surface area contributed by atoms with Crippen LogP contribution in [0.2, 0.25) is 0 Å². The van der Waals surface area contributed by atoms with Crippen molar-refractivity contribution in [2.75, 3.05) is 12.4 Å². The lowest BCUT2D eigenvalue weighted by Crippen LogP contribution is -2.14. The van der Waals surface area contributed by atoms with E-state index in [1.54, 1.807) is 6.07 Å². The molecule has 2 aromatic carbocycles. The topological polar surface area (TPSA) is 55.4 Å². The SMILES string of the molecule is COC(=O)c1c(-c2ccccc2)csc1NC(=O)c1ccc(C)c(C)c1. The molecule has 0 saturated carbocycles. The highest BCUT2D eigenvalue weighted by atomic mass is 32.1. The van der Waals surface area contributed by atoms with Gasteiger partial charge in [-0.1, -0.05) is 36.4 Å². The summed E-state index contributed by atoms with van der Waals surface area (Å²) in [6.45, 7) is 3.96. The predicted molar refractivity (Wildman–Crippen MR) is 105 cm³/mol. The number of hydrogen-bond donors (Lipinski definition) is 1. The lowest BCUT2D eigenvalue weighted by atomic mass is 10.0. The van der Waals surface area contributed by atoms with E-state index in [1.807, 2.05) is 61.7 Å². The maximum atomic E-state index is 12.6. The van der Waals surface area contributed by atoms with Crippen molar-refractivity contribution >= 4 is 28.2 Å². The Morgan fingerprint density at radius 3 is 2.38 bits per heavy atom. The highest BCUT2D eigenvalue weighted by Gasteiger charge is 2.22. The predicted octanol–water partition coefficient (Wildman–Crippen LogP) is 5.07. The van der Waals surface area contributed by atoms with Gasteiger partial charge in [-0.3, -0.25) is 4.79 Å². The Bertz CT molecular complexity index is 961. The molecule has 1 heterocycles. The van der Waals surface area contributed by atoms with Crippen LogP contribution in [0.25, 0.3) is 11.1 Å². The van der Waals surface area contributed by atoms with Gasteiger partial charge in [-0.2, -0.15) is 0 Å². The molecule has 4 nitrogen and oxygen atoms in total. The minimum absolute atomic E-state index is 0.250. The quantitative estimate of drug-likeness (QED) is 0.657. The Kier molecular flexibility index (Phi) is 5.19. The van der Waals surface area contributed by atoms with Crippen molar-refractivity contribution in [1.29, 1.82) is 0 Å². The molecule has 0 aliphatic heterocycles. The Balaban J connectivity index is 1.97. The molecule has 1 N–H and O–H groups in total. The van der Waals surface area contributed by atoms with E-state index in [0.29, 0.717) is 16.1 Å². The van der Waals surface area contributed by atoms with Gasteiger partial charge < -0.3 is 10.1 Å². The first-order chi connectivity index (χ1) is 12.5. The van der Waals surface area contributed by atoms with Crippen molar-refractivity contribution in [1.82, 2.24) is 0 Å². The van der Waals surface area contributed by atoms with Gasteiger partial charge in [-0.15, -0.1) is 11.3 Å². The number of anilines is 1. The third-order valence-electron chi connectivity index (χ3n) is 4.26. The molecule has 26 heavy (non-hydrogen) atoms. The van der Waals surface area contributed by atoms with Crippen LogP contribution >= 0.6 is 11.3 Å². The Morgan fingerprint density at radius 1 is 1.00 bits per heavy atom. The minimum Gasteiger partial charge on any atom is -0.465 e. The molecule has 3 rings (SSSR count). The fraction of sp³-hybridized carbons (Fsp3) is 0.143. The number of amides is 1. The molecule has 0 aliphatic rings. The van der Waals surface area contributed by atoms with Crippen LogP contribution in [-0.4, -0.2) is 19.0 Å². The molecule has 0 unspecified atom stereocenters. The standard InChI is InChI=1S/C21H19NO3S/c1-13-9-10-16(11-14(13)2)19(23)22-20-18(21(24)25-3)17(12-26-20)15-7-5-4-6-8-15/h4-12H,1-3H3,(H,22,23). The van der Waals surface area contributed by atoms with E-state index in [0.717, 1.165) is 22.3 Å². The van der Waals surface area contributed by atoms with Gasteiger partial charge in [0, 0.05) is 16.5 Å². The fourth-order valence-corrected chi connectivity index (χ4v) is 3.60. The number of benzene rings is 2. The molecule has 132 valence electrons. The van der Waals surface area contributed by atoms with Gasteiger partial charge in [-0.05, 0) is 42.7 Å². The number of hydrogen-bond acceptors (Lipinski definition) is 4. The first kappa shape index (κ1) is 17.9. The number of aryl methyl sites for hydroxylation is 2. The molecule has 1 aromatic heterocycles. The van der Waals surface area contributed by atoms with Gasteiger partial charge in [0.15, 0.2) is 0 Å². The van der Waals surface area contributed by atoms with Crippen LogP contribution in [-0.2, 0) is 4.74 Å². The normalized spacial score (nSPS) is 10.4. The van der Waals surface area contributed by atoms with Crippen LogP contribution < -0.4 is 5.32 Å². The zero-order valence-corrected chi connectivity index (χ0v) is 15.6. The van der Waals surface area contributed by atoms with Crippen molar-refractivity contribution in [2.45, 2.75) is 13.8 Å². The summed E-state index contributed by atoms with van der Waals surface area (Å²) in [6.07, 6.45) is 0. The summed E-state index contributed by atoms with van der Waals surface area (Å²) >= 11 is 1.31. The van der Waals surface area contributed by atoms with Gasteiger partial charge in [0.05, 0.1) is 7.11 Å². The number of thiophene rings is 1. The second kappa shape index (κ2) is 7.54. The molecule has 5 heteroatoms. The number of carbonyl (C=O) groups excluding carboxylic acids is 2. The van der Waals surface area contributed by atoms with Crippen LogP contribution in [0.4, 0.5) is 5.00 Å². The smallest absolute Gasteiger partial charge is 0.341 e. The van der Waals surface area contributed by atoms with Gasteiger partial charge >= 0.3 is 5.97 Å². The van der Waals surface area contributed by atoms with E-state index in [4.69, 9.17) is 4.74 Å². The molecule has 1 amide bonds. The zero-order valence-electron chi connectivity index (χ0n) is 14.8. The molecule has 3 aromatic rings. The first-order valence-corrected chi connectivity index (χ1v) is 9.03. The highest BCUT2D eigenvalue weighted by molar-refractivity contribution is 7.15. The number of rotatable bonds is 4. The second-order valence-corrected chi connectivity index (χ2v) is 6.84. The Hall–Kier alpha value is -2.92. The zero-order chi connectivity index (χ0) is 18.7. The Morgan fingerprint density at radius 2 is 1.73 bits per heavy atom. The van der Waals surface area contributed by atoms with Crippen LogP contribution in [0.3, 0.4) is 0 Å². The van der Waals surface area contributed by atoms with E-state index in [9.17, 15) is 9.59 Å². The van der Waals surface area contributed by atoms with Crippen LogP contribution in [0.5, 0.6) is 0 Å². The third kappa shape index (κ3) is 3.53. The molecule has 0 fully saturated rings. The van der Waals surface area contributed by atoms with Crippen molar-refractivity contribution in [3.05, 3.63) is 76.2 Å². The monoisotopic (exact) mass is 365 g/mol. The number of methoxy groups -OCH3 is 1. The maximum absolute atomic E-state index is 12.6. The van der Waals surface area contributed by atoms with E-state index >= 15 is 0 Å². The highest BCUT2D eigenvalue weighted by Crippen LogP contribution is 2.36. The van der Waals surface area contributed by atoms with Crippen LogP contribution in [0.15, 0.2) is 53.9 Å². The number of carbonyl (C=O) groups is 2. The van der Waals surface area contributed by atoms with Crippen molar-refractivity contribution in [3.8, 4) is 11.1 Å². The summed E-state index contributed by atoms with van der Waals surface area (Å²) in [5.41, 5.74) is 4.74. The van der Waals surface area contributed by atoms with E-state index < -0.39 is 5.97 Å².